The first-order valence-electron chi connectivity index (χ1n) is 6.30. The summed E-state index contributed by atoms with van der Waals surface area (Å²) in [7, 11) is 0. The zero-order valence-electron chi connectivity index (χ0n) is 10.2. The van der Waals surface area contributed by atoms with Crippen LogP contribution in [0.15, 0.2) is 0 Å². The van der Waals surface area contributed by atoms with Crippen LogP contribution in [0.25, 0.3) is 0 Å². The van der Waals surface area contributed by atoms with Gasteiger partial charge < -0.3 is 5.73 Å². The van der Waals surface area contributed by atoms with Crippen molar-refractivity contribution in [1.29, 1.82) is 0 Å². The first-order valence-corrected chi connectivity index (χ1v) is 6.30. The standard InChI is InChI=1S/C13H27N/c1-4-11-5-7-12(8-6-11)13(2,3)9-10-14/h11-12H,4-10,14H2,1-3H3. The molecule has 0 saturated heterocycles. The topological polar surface area (TPSA) is 26.0 Å². The molecule has 0 spiro atoms. The van der Waals surface area contributed by atoms with Gasteiger partial charge in [-0.3, -0.25) is 0 Å². The summed E-state index contributed by atoms with van der Waals surface area (Å²) in [5.41, 5.74) is 6.15. The van der Waals surface area contributed by atoms with Crippen LogP contribution in [-0.4, -0.2) is 6.54 Å². The maximum Gasteiger partial charge on any atom is -0.00721 e. The Morgan fingerprint density at radius 2 is 1.71 bits per heavy atom. The zero-order chi connectivity index (χ0) is 10.6. The molecule has 0 aromatic rings. The molecule has 1 heteroatoms. The van der Waals surface area contributed by atoms with Gasteiger partial charge in [-0.25, -0.2) is 0 Å². The van der Waals surface area contributed by atoms with Crippen LogP contribution in [0, 0.1) is 17.3 Å². The van der Waals surface area contributed by atoms with E-state index in [0.717, 1.165) is 18.4 Å². The van der Waals surface area contributed by atoms with Crippen molar-refractivity contribution < 1.29 is 0 Å². The fourth-order valence-corrected chi connectivity index (χ4v) is 2.93. The second-order valence-electron chi connectivity index (χ2n) is 5.65. The van der Waals surface area contributed by atoms with Gasteiger partial charge in [0, 0.05) is 0 Å². The molecule has 0 heterocycles. The molecule has 1 fully saturated rings. The molecule has 84 valence electrons. The molecule has 1 nitrogen and oxygen atoms in total. The highest BCUT2D eigenvalue weighted by atomic mass is 14.5. The third-order valence-corrected chi connectivity index (χ3v) is 4.32. The van der Waals surface area contributed by atoms with Gasteiger partial charge in [0.25, 0.3) is 0 Å². The van der Waals surface area contributed by atoms with Crippen LogP contribution in [0.4, 0.5) is 0 Å². The van der Waals surface area contributed by atoms with Gasteiger partial charge in [0.1, 0.15) is 0 Å². The van der Waals surface area contributed by atoms with E-state index in [1.807, 2.05) is 0 Å². The smallest absolute Gasteiger partial charge is 0.00721 e. The summed E-state index contributed by atoms with van der Waals surface area (Å²) in [6.45, 7) is 7.98. The second-order valence-corrected chi connectivity index (χ2v) is 5.65. The Labute approximate surface area is 89.5 Å². The lowest BCUT2D eigenvalue weighted by Crippen LogP contribution is -2.30. The van der Waals surface area contributed by atoms with E-state index >= 15 is 0 Å². The maximum atomic E-state index is 5.67. The molecule has 0 radical (unpaired) electrons. The molecule has 0 bridgehead atoms. The van der Waals surface area contributed by atoms with E-state index in [9.17, 15) is 0 Å². The van der Waals surface area contributed by atoms with Gasteiger partial charge in [0.15, 0.2) is 0 Å². The molecule has 2 N–H and O–H groups in total. The Bertz CT molecular complexity index is 155. The first-order chi connectivity index (χ1) is 6.60. The molecule has 0 aromatic heterocycles. The Hall–Kier alpha value is -0.0400. The number of hydrogen-bond acceptors (Lipinski definition) is 1. The zero-order valence-corrected chi connectivity index (χ0v) is 10.2. The summed E-state index contributed by atoms with van der Waals surface area (Å²) in [6, 6.07) is 0. The van der Waals surface area contributed by atoms with E-state index in [4.69, 9.17) is 5.73 Å². The Morgan fingerprint density at radius 3 is 2.14 bits per heavy atom. The lowest BCUT2D eigenvalue weighted by molar-refractivity contribution is 0.124. The average molecular weight is 197 g/mol. The Kier molecular flexibility index (Phi) is 4.43. The minimum Gasteiger partial charge on any atom is -0.330 e. The van der Waals surface area contributed by atoms with Gasteiger partial charge >= 0.3 is 0 Å². The summed E-state index contributed by atoms with van der Waals surface area (Å²) in [5, 5.41) is 0. The summed E-state index contributed by atoms with van der Waals surface area (Å²) in [4.78, 5) is 0. The largest absolute Gasteiger partial charge is 0.330 e. The molecule has 14 heavy (non-hydrogen) atoms. The quantitative estimate of drug-likeness (QED) is 0.732. The highest BCUT2D eigenvalue weighted by Gasteiger charge is 2.31. The van der Waals surface area contributed by atoms with E-state index in [0.29, 0.717) is 5.41 Å². The molecule has 0 aliphatic heterocycles. The van der Waals surface area contributed by atoms with Crippen molar-refractivity contribution in [2.24, 2.45) is 23.0 Å². The fraction of sp³-hybridized carbons (Fsp3) is 1.00. The third-order valence-electron chi connectivity index (χ3n) is 4.32. The molecular formula is C13H27N. The van der Waals surface area contributed by atoms with Crippen LogP contribution in [0.2, 0.25) is 0 Å². The number of rotatable bonds is 4. The highest BCUT2D eigenvalue weighted by Crippen LogP contribution is 2.42. The predicted molar refractivity (Wildman–Crippen MR) is 63.2 cm³/mol. The minimum atomic E-state index is 0.480. The van der Waals surface area contributed by atoms with Crippen molar-refractivity contribution in [3.63, 3.8) is 0 Å². The van der Waals surface area contributed by atoms with Crippen molar-refractivity contribution in [3.05, 3.63) is 0 Å². The normalized spacial score (nSPS) is 29.1. The van der Waals surface area contributed by atoms with Crippen molar-refractivity contribution in [1.82, 2.24) is 0 Å². The summed E-state index contributed by atoms with van der Waals surface area (Å²) >= 11 is 0. The molecule has 1 aliphatic carbocycles. The lowest BCUT2D eigenvalue weighted by Gasteiger charge is -2.39. The van der Waals surface area contributed by atoms with E-state index < -0.39 is 0 Å². The fourth-order valence-electron chi connectivity index (χ4n) is 2.93. The van der Waals surface area contributed by atoms with Crippen LogP contribution in [0.3, 0.4) is 0 Å². The molecular weight excluding hydrogens is 170 g/mol. The molecule has 0 aromatic carbocycles. The summed E-state index contributed by atoms with van der Waals surface area (Å²) < 4.78 is 0. The van der Waals surface area contributed by atoms with Crippen molar-refractivity contribution in [3.8, 4) is 0 Å². The van der Waals surface area contributed by atoms with Crippen molar-refractivity contribution in [2.75, 3.05) is 6.54 Å². The second kappa shape index (κ2) is 5.16. The van der Waals surface area contributed by atoms with E-state index in [2.05, 4.69) is 20.8 Å². The van der Waals surface area contributed by atoms with E-state index in [1.54, 1.807) is 0 Å². The van der Waals surface area contributed by atoms with Gasteiger partial charge in [0.2, 0.25) is 0 Å². The van der Waals surface area contributed by atoms with Crippen molar-refractivity contribution >= 4 is 0 Å². The van der Waals surface area contributed by atoms with Gasteiger partial charge in [-0.05, 0) is 43.1 Å². The van der Waals surface area contributed by atoms with Crippen molar-refractivity contribution in [2.45, 2.75) is 59.3 Å². The van der Waals surface area contributed by atoms with Crippen LogP contribution in [0.5, 0.6) is 0 Å². The average Bonchev–Trinajstić information content (AvgIpc) is 2.18. The number of hydrogen-bond donors (Lipinski definition) is 1. The third kappa shape index (κ3) is 2.98. The highest BCUT2D eigenvalue weighted by molar-refractivity contribution is 4.83. The SMILES string of the molecule is CCC1CCC(C(C)(C)CCN)CC1. The molecule has 0 unspecified atom stereocenters. The van der Waals surface area contributed by atoms with Crippen LogP contribution < -0.4 is 5.73 Å². The number of nitrogens with two attached hydrogens (primary N) is 1. The van der Waals surface area contributed by atoms with Gasteiger partial charge in [-0.2, -0.15) is 0 Å². The summed E-state index contributed by atoms with van der Waals surface area (Å²) in [6.07, 6.45) is 8.35. The summed E-state index contributed by atoms with van der Waals surface area (Å²) in [5.74, 6) is 1.94. The minimum absolute atomic E-state index is 0.480. The van der Waals surface area contributed by atoms with E-state index in [-0.39, 0.29) is 0 Å². The van der Waals surface area contributed by atoms with Crippen LogP contribution >= 0.6 is 0 Å². The Morgan fingerprint density at radius 1 is 1.14 bits per heavy atom. The van der Waals surface area contributed by atoms with Crippen LogP contribution in [-0.2, 0) is 0 Å². The first kappa shape index (κ1) is 12.0. The van der Waals surface area contributed by atoms with Gasteiger partial charge in [-0.15, -0.1) is 0 Å². The monoisotopic (exact) mass is 197 g/mol. The lowest BCUT2D eigenvalue weighted by atomic mass is 9.67. The predicted octanol–water partition coefficient (Wildman–Crippen LogP) is 3.58. The van der Waals surface area contributed by atoms with Gasteiger partial charge in [-0.1, -0.05) is 40.0 Å². The molecule has 1 aliphatic rings. The molecule has 0 amide bonds. The molecule has 0 atom stereocenters. The maximum absolute atomic E-state index is 5.67. The van der Waals surface area contributed by atoms with Gasteiger partial charge in [0.05, 0.1) is 0 Å². The molecule has 1 saturated carbocycles. The van der Waals surface area contributed by atoms with Crippen LogP contribution in [0.1, 0.15) is 59.3 Å². The Balaban J connectivity index is 2.40. The molecule has 1 rings (SSSR count). The van der Waals surface area contributed by atoms with E-state index in [1.165, 1.54) is 38.5 Å².